The van der Waals surface area contributed by atoms with Crippen LogP contribution < -0.4 is 5.32 Å². The topological polar surface area (TPSA) is 45.2 Å². The normalized spacial score (nSPS) is 16.1. The van der Waals surface area contributed by atoms with Gasteiger partial charge in [-0.2, -0.15) is 0 Å². The molecule has 1 aliphatic heterocycles. The minimum Gasteiger partial charge on any atom is -0.316 e. The molecule has 1 aromatic carbocycles. The number of rotatable bonds is 2. The third-order valence-electron chi connectivity index (χ3n) is 4.05. The number of allylic oxidation sites excluding steroid dienone is 1. The Balaban J connectivity index is 1.58. The Hall–Kier alpha value is -2.62. The molecule has 4 heteroatoms. The lowest BCUT2D eigenvalue weighted by atomic mass is 10.1. The first-order valence-corrected chi connectivity index (χ1v) is 7.08. The Morgan fingerprint density at radius 2 is 2.10 bits per heavy atom. The van der Waals surface area contributed by atoms with E-state index < -0.39 is 0 Å². The Kier molecular flexibility index (Phi) is 2.74. The summed E-state index contributed by atoms with van der Waals surface area (Å²) >= 11 is 0. The molecule has 0 atom stereocenters. The lowest BCUT2D eigenvalue weighted by Crippen LogP contribution is -2.39. The summed E-state index contributed by atoms with van der Waals surface area (Å²) in [7, 11) is 0. The molecule has 0 bridgehead atoms. The first-order valence-electron chi connectivity index (χ1n) is 7.08. The van der Waals surface area contributed by atoms with Gasteiger partial charge in [-0.1, -0.05) is 30.3 Å². The van der Waals surface area contributed by atoms with E-state index in [-0.39, 0.29) is 6.03 Å². The van der Waals surface area contributed by atoms with Gasteiger partial charge in [0.05, 0.1) is 5.69 Å². The maximum absolute atomic E-state index is 12.2. The summed E-state index contributed by atoms with van der Waals surface area (Å²) < 4.78 is 0. The lowest BCUT2D eigenvalue weighted by Gasteiger charge is -2.29. The van der Waals surface area contributed by atoms with Crippen molar-refractivity contribution in [1.29, 1.82) is 0 Å². The number of nitrogens with one attached hydrogen (secondary N) is 1. The monoisotopic (exact) mass is 277 g/mol. The zero-order chi connectivity index (χ0) is 14.2. The van der Waals surface area contributed by atoms with Gasteiger partial charge in [-0.15, -0.1) is 0 Å². The molecule has 0 radical (unpaired) electrons. The van der Waals surface area contributed by atoms with Crippen molar-refractivity contribution in [2.45, 2.75) is 13.0 Å². The zero-order valence-electron chi connectivity index (χ0n) is 11.5. The third-order valence-corrected chi connectivity index (χ3v) is 4.05. The van der Waals surface area contributed by atoms with Crippen LogP contribution in [0.5, 0.6) is 0 Å². The highest BCUT2D eigenvalue weighted by Gasteiger charge is 2.25. The second-order valence-corrected chi connectivity index (χ2v) is 5.37. The van der Waals surface area contributed by atoms with Crippen LogP contribution in [-0.4, -0.2) is 22.5 Å². The van der Waals surface area contributed by atoms with Crippen LogP contribution in [0.15, 0.2) is 48.7 Å². The first kappa shape index (κ1) is 12.1. The van der Waals surface area contributed by atoms with Gasteiger partial charge in [0.15, 0.2) is 0 Å². The van der Waals surface area contributed by atoms with Gasteiger partial charge in [0.1, 0.15) is 0 Å². The van der Waals surface area contributed by atoms with Gasteiger partial charge in [0.2, 0.25) is 0 Å². The number of fused-ring (bicyclic) bond motifs is 2. The Morgan fingerprint density at radius 3 is 3.05 bits per heavy atom. The number of hydrogen-bond acceptors (Lipinski definition) is 2. The van der Waals surface area contributed by atoms with Crippen LogP contribution in [0.25, 0.3) is 5.57 Å². The fraction of sp³-hybridized carbons (Fsp3) is 0.176. The molecule has 1 N–H and O–H groups in total. The molecular weight excluding hydrogens is 262 g/mol. The van der Waals surface area contributed by atoms with Crippen LogP contribution in [0, 0.1) is 0 Å². The summed E-state index contributed by atoms with van der Waals surface area (Å²) in [6, 6.07) is 11.9. The van der Waals surface area contributed by atoms with Gasteiger partial charge in [-0.05, 0) is 23.3 Å². The number of amides is 2. The fourth-order valence-corrected chi connectivity index (χ4v) is 2.96. The lowest BCUT2D eigenvalue weighted by molar-refractivity contribution is 0.213. The number of aromatic nitrogens is 1. The van der Waals surface area contributed by atoms with Crippen molar-refractivity contribution in [3.8, 4) is 0 Å². The van der Waals surface area contributed by atoms with Crippen molar-refractivity contribution in [3.05, 3.63) is 65.5 Å². The third kappa shape index (κ3) is 2.09. The van der Waals surface area contributed by atoms with Gasteiger partial charge in [0.25, 0.3) is 0 Å². The van der Waals surface area contributed by atoms with E-state index in [0.717, 1.165) is 23.4 Å². The number of anilines is 1. The zero-order valence-corrected chi connectivity index (χ0v) is 11.5. The van der Waals surface area contributed by atoms with Crippen LogP contribution in [0.1, 0.15) is 16.8 Å². The highest BCUT2D eigenvalue weighted by Crippen LogP contribution is 2.29. The minimum atomic E-state index is -0.0352. The molecule has 2 aliphatic rings. The quantitative estimate of drug-likeness (QED) is 0.917. The van der Waals surface area contributed by atoms with Crippen molar-refractivity contribution in [2.75, 3.05) is 11.9 Å². The summed E-state index contributed by atoms with van der Waals surface area (Å²) in [5.74, 6) is 0. The molecule has 0 unspecified atom stereocenters. The van der Waals surface area contributed by atoms with Gasteiger partial charge >= 0.3 is 6.03 Å². The molecule has 0 fully saturated rings. The fourth-order valence-electron chi connectivity index (χ4n) is 2.96. The SMILES string of the molecule is O=C1Nc2ccccc2CN1CC1=CCc2ncccc21. The summed E-state index contributed by atoms with van der Waals surface area (Å²) in [4.78, 5) is 18.5. The predicted molar refractivity (Wildman–Crippen MR) is 81.8 cm³/mol. The molecule has 0 spiro atoms. The highest BCUT2D eigenvalue weighted by molar-refractivity contribution is 5.93. The number of para-hydroxylation sites is 1. The molecule has 4 nitrogen and oxygen atoms in total. The van der Waals surface area contributed by atoms with E-state index in [9.17, 15) is 4.79 Å². The van der Waals surface area contributed by atoms with Gasteiger partial charge in [0, 0.05) is 37.0 Å². The smallest absolute Gasteiger partial charge is 0.316 e. The molecule has 0 saturated carbocycles. The van der Waals surface area contributed by atoms with E-state index >= 15 is 0 Å². The standard InChI is InChI=1S/C17H15N3O/c21-17-19-15-6-2-1-4-13(15)11-20(17)10-12-7-8-16-14(12)5-3-9-18-16/h1-7,9H,8,10-11H2,(H,19,21). The van der Waals surface area contributed by atoms with Crippen LogP contribution in [-0.2, 0) is 13.0 Å². The minimum absolute atomic E-state index is 0.0352. The second-order valence-electron chi connectivity index (χ2n) is 5.37. The van der Waals surface area contributed by atoms with E-state index in [0.29, 0.717) is 13.1 Å². The van der Waals surface area contributed by atoms with Crippen molar-refractivity contribution in [2.24, 2.45) is 0 Å². The second kappa shape index (κ2) is 4.74. The van der Waals surface area contributed by atoms with Crippen LogP contribution >= 0.6 is 0 Å². The number of carbonyl (C=O) groups excluding carboxylic acids is 1. The van der Waals surface area contributed by atoms with Gasteiger partial charge < -0.3 is 10.2 Å². The molecule has 1 aliphatic carbocycles. The Morgan fingerprint density at radius 1 is 1.19 bits per heavy atom. The Bertz CT molecular complexity index is 751. The van der Waals surface area contributed by atoms with E-state index in [1.807, 2.05) is 35.4 Å². The molecule has 2 heterocycles. The summed E-state index contributed by atoms with van der Waals surface area (Å²) in [5, 5.41) is 2.95. The number of nitrogens with zero attached hydrogens (tertiary/aromatic N) is 2. The average Bonchev–Trinajstić information content (AvgIpc) is 2.91. The largest absolute Gasteiger partial charge is 0.322 e. The summed E-state index contributed by atoms with van der Waals surface area (Å²) in [6.45, 7) is 1.27. The van der Waals surface area contributed by atoms with Crippen molar-refractivity contribution in [3.63, 3.8) is 0 Å². The van der Waals surface area contributed by atoms with E-state index in [1.54, 1.807) is 0 Å². The van der Waals surface area contributed by atoms with Crippen LogP contribution in [0.2, 0.25) is 0 Å². The van der Waals surface area contributed by atoms with E-state index in [4.69, 9.17) is 0 Å². The van der Waals surface area contributed by atoms with Gasteiger partial charge in [-0.25, -0.2) is 4.79 Å². The summed E-state index contributed by atoms with van der Waals surface area (Å²) in [5.41, 5.74) is 5.53. The number of carbonyl (C=O) groups is 1. The first-order chi connectivity index (χ1) is 10.3. The molecule has 21 heavy (non-hydrogen) atoms. The van der Waals surface area contributed by atoms with Crippen molar-refractivity contribution >= 4 is 17.3 Å². The Labute approximate surface area is 123 Å². The molecular formula is C17H15N3O. The van der Waals surface area contributed by atoms with E-state index in [1.165, 1.54) is 11.1 Å². The maximum Gasteiger partial charge on any atom is 0.322 e. The average molecular weight is 277 g/mol. The molecule has 0 saturated heterocycles. The number of benzene rings is 1. The van der Waals surface area contributed by atoms with Crippen molar-refractivity contribution < 1.29 is 4.79 Å². The molecule has 2 amide bonds. The predicted octanol–water partition coefficient (Wildman–Crippen LogP) is 3.07. The number of hydrogen-bond donors (Lipinski definition) is 1. The number of pyridine rings is 1. The van der Waals surface area contributed by atoms with Crippen LogP contribution in [0.3, 0.4) is 0 Å². The summed E-state index contributed by atoms with van der Waals surface area (Å²) in [6.07, 6.45) is 4.85. The van der Waals surface area contributed by atoms with E-state index in [2.05, 4.69) is 28.5 Å². The molecule has 4 rings (SSSR count). The highest BCUT2D eigenvalue weighted by atomic mass is 16.2. The number of urea groups is 1. The van der Waals surface area contributed by atoms with Crippen molar-refractivity contribution in [1.82, 2.24) is 9.88 Å². The maximum atomic E-state index is 12.2. The van der Waals surface area contributed by atoms with Gasteiger partial charge in [-0.3, -0.25) is 4.98 Å². The molecule has 2 aromatic rings. The molecule has 1 aromatic heterocycles. The molecule has 104 valence electrons. The van der Waals surface area contributed by atoms with Crippen LogP contribution in [0.4, 0.5) is 10.5 Å².